The molecule has 1 aromatic heterocycles. The minimum absolute atomic E-state index is 0.147. The van der Waals surface area contributed by atoms with Gasteiger partial charge in [0.2, 0.25) is 0 Å². The number of rotatable bonds is 5. The Hall–Kier alpha value is -1.59. The van der Waals surface area contributed by atoms with Crippen molar-refractivity contribution in [2.75, 3.05) is 13.6 Å². The fourth-order valence-corrected chi connectivity index (χ4v) is 1.96. The lowest BCUT2D eigenvalue weighted by Gasteiger charge is -2.23. The molecule has 0 atom stereocenters. The maximum atomic E-state index is 11.1. The fraction of sp³-hybridized carbons (Fsp3) is 0.500. The number of aromatic nitrogens is 1. The minimum atomic E-state index is -0.412. The van der Waals surface area contributed by atoms with E-state index in [1.54, 1.807) is 0 Å². The number of nitrogens with zero attached hydrogens (tertiary/aromatic N) is 1. The number of oxazole rings is 1. The first-order chi connectivity index (χ1) is 8.83. The Bertz CT molecular complexity index is 607. The highest BCUT2D eigenvalue weighted by molar-refractivity contribution is 5.72. The second-order valence-corrected chi connectivity index (χ2v) is 5.82. The molecule has 0 fully saturated rings. The van der Waals surface area contributed by atoms with Crippen LogP contribution in [0.15, 0.2) is 27.4 Å². The van der Waals surface area contributed by atoms with Crippen molar-refractivity contribution in [2.45, 2.75) is 32.4 Å². The number of benzene rings is 1. The van der Waals surface area contributed by atoms with Gasteiger partial charge in [0.1, 0.15) is 0 Å². The number of nitrogens with two attached hydrogens (primary N) is 1. The lowest BCUT2D eigenvalue weighted by molar-refractivity contribution is 0.289. The molecule has 2 rings (SSSR count). The van der Waals surface area contributed by atoms with Crippen LogP contribution in [0.25, 0.3) is 11.1 Å². The van der Waals surface area contributed by atoms with Gasteiger partial charge in [-0.05, 0) is 51.6 Å². The summed E-state index contributed by atoms with van der Waals surface area (Å²) in [7, 11) is 2.06. The maximum Gasteiger partial charge on any atom is 0.417 e. The summed E-state index contributed by atoms with van der Waals surface area (Å²) in [4.78, 5) is 15.9. The molecule has 0 unspecified atom stereocenters. The molecule has 2 aromatic rings. The van der Waals surface area contributed by atoms with E-state index in [2.05, 4.69) is 16.9 Å². The molecule has 3 N–H and O–H groups in total. The molecule has 0 saturated carbocycles. The van der Waals surface area contributed by atoms with Crippen LogP contribution in [-0.4, -0.2) is 29.0 Å². The van der Waals surface area contributed by atoms with Crippen LogP contribution in [0.5, 0.6) is 0 Å². The van der Waals surface area contributed by atoms with Crippen LogP contribution >= 0.6 is 0 Å². The molecule has 1 aromatic carbocycles. The molecule has 0 bridgehead atoms. The zero-order chi connectivity index (χ0) is 14.0. The Morgan fingerprint density at radius 2 is 2.16 bits per heavy atom. The van der Waals surface area contributed by atoms with Gasteiger partial charge in [-0.25, -0.2) is 4.79 Å². The van der Waals surface area contributed by atoms with Gasteiger partial charge in [-0.2, -0.15) is 0 Å². The predicted octanol–water partition coefficient (Wildman–Crippen LogP) is 1.68. The summed E-state index contributed by atoms with van der Waals surface area (Å²) in [6, 6.07) is 5.77. The van der Waals surface area contributed by atoms with E-state index in [0.717, 1.165) is 30.6 Å². The number of fused-ring (bicyclic) bond motifs is 1. The van der Waals surface area contributed by atoms with Crippen molar-refractivity contribution in [1.29, 1.82) is 0 Å². The van der Waals surface area contributed by atoms with Gasteiger partial charge in [0.15, 0.2) is 5.58 Å². The highest BCUT2D eigenvalue weighted by atomic mass is 16.4. The first-order valence-corrected chi connectivity index (χ1v) is 6.43. The van der Waals surface area contributed by atoms with Gasteiger partial charge in [-0.15, -0.1) is 0 Å². The lowest BCUT2D eigenvalue weighted by Crippen LogP contribution is -2.36. The monoisotopic (exact) mass is 263 g/mol. The largest absolute Gasteiger partial charge is 0.417 e. The molecule has 0 aliphatic carbocycles. The van der Waals surface area contributed by atoms with E-state index in [4.69, 9.17) is 10.2 Å². The van der Waals surface area contributed by atoms with E-state index in [1.165, 1.54) is 0 Å². The average molecular weight is 263 g/mol. The summed E-state index contributed by atoms with van der Waals surface area (Å²) in [5.41, 5.74) is 8.29. The number of aromatic amines is 1. The van der Waals surface area contributed by atoms with Crippen LogP contribution in [-0.2, 0) is 6.54 Å². The molecule has 1 heterocycles. The second kappa shape index (κ2) is 5.19. The van der Waals surface area contributed by atoms with Crippen LogP contribution in [0, 0.1) is 0 Å². The summed E-state index contributed by atoms with van der Waals surface area (Å²) in [6.07, 6.45) is 0.935. The summed E-state index contributed by atoms with van der Waals surface area (Å²) >= 11 is 0. The van der Waals surface area contributed by atoms with Crippen LogP contribution in [0.2, 0.25) is 0 Å². The second-order valence-electron chi connectivity index (χ2n) is 5.82. The predicted molar refractivity (Wildman–Crippen MR) is 76.1 cm³/mol. The van der Waals surface area contributed by atoms with E-state index < -0.39 is 5.76 Å². The number of nitrogens with one attached hydrogen (secondary N) is 1. The highest BCUT2D eigenvalue weighted by Crippen LogP contribution is 2.14. The van der Waals surface area contributed by atoms with Crippen LogP contribution in [0.4, 0.5) is 0 Å². The molecule has 0 aliphatic rings. The van der Waals surface area contributed by atoms with Crippen molar-refractivity contribution in [2.24, 2.45) is 5.73 Å². The quantitative estimate of drug-likeness (QED) is 0.860. The third-order valence-corrected chi connectivity index (χ3v) is 3.08. The van der Waals surface area contributed by atoms with Crippen molar-refractivity contribution in [3.05, 3.63) is 34.3 Å². The van der Waals surface area contributed by atoms with E-state index >= 15 is 0 Å². The SMILES string of the molecule is CN(CCC(C)(C)N)Cc1ccc2[nH]c(=O)oc2c1. The van der Waals surface area contributed by atoms with Crippen molar-refractivity contribution in [1.82, 2.24) is 9.88 Å². The number of hydrogen-bond acceptors (Lipinski definition) is 4. The van der Waals surface area contributed by atoms with Crippen LogP contribution < -0.4 is 11.5 Å². The van der Waals surface area contributed by atoms with Crippen LogP contribution in [0.1, 0.15) is 25.8 Å². The fourth-order valence-electron chi connectivity index (χ4n) is 1.96. The van der Waals surface area contributed by atoms with Crippen molar-refractivity contribution in [3.8, 4) is 0 Å². The third-order valence-electron chi connectivity index (χ3n) is 3.08. The van der Waals surface area contributed by atoms with Gasteiger partial charge >= 0.3 is 5.76 Å². The third kappa shape index (κ3) is 3.94. The first kappa shape index (κ1) is 13.8. The summed E-state index contributed by atoms with van der Waals surface area (Å²) in [6.45, 7) is 5.79. The Kier molecular flexibility index (Phi) is 3.78. The summed E-state index contributed by atoms with van der Waals surface area (Å²) in [5, 5.41) is 0. The van der Waals surface area contributed by atoms with Crippen molar-refractivity contribution >= 4 is 11.1 Å². The average Bonchev–Trinajstić information content (AvgIpc) is 2.65. The van der Waals surface area contributed by atoms with E-state index in [9.17, 15) is 4.79 Å². The molecule has 0 saturated heterocycles. The van der Waals surface area contributed by atoms with Crippen molar-refractivity contribution in [3.63, 3.8) is 0 Å². The molecule has 0 spiro atoms. The van der Waals surface area contributed by atoms with Gasteiger partial charge in [0, 0.05) is 12.1 Å². The molecular formula is C14H21N3O2. The van der Waals surface area contributed by atoms with Crippen molar-refractivity contribution < 1.29 is 4.42 Å². The molecule has 5 heteroatoms. The molecule has 19 heavy (non-hydrogen) atoms. The first-order valence-electron chi connectivity index (χ1n) is 6.43. The van der Waals surface area contributed by atoms with Gasteiger partial charge in [-0.3, -0.25) is 4.98 Å². The molecule has 5 nitrogen and oxygen atoms in total. The molecule has 0 amide bonds. The Morgan fingerprint density at radius 3 is 2.84 bits per heavy atom. The number of H-pyrrole nitrogens is 1. The Balaban J connectivity index is 2.02. The van der Waals surface area contributed by atoms with Crippen LogP contribution in [0.3, 0.4) is 0 Å². The Labute approximate surface area is 112 Å². The smallest absolute Gasteiger partial charge is 0.408 e. The van der Waals surface area contributed by atoms with Gasteiger partial charge < -0.3 is 15.1 Å². The van der Waals surface area contributed by atoms with Gasteiger partial charge in [0.25, 0.3) is 0 Å². The van der Waals surface area contributed by atoms with E-state index in [-0.39, 0.29) is 5.54 Å². The van der Waals surface area contributed by atoms with E-state index in [0.29, 0.717) is 5.58 Å². The lowest BCUT2D eigenvalue weighted by atomic mass is 10.0. The molecule has 0 radical (unpaired) electrons. The van der Waals surface area contributed by atoms with E-state index in [1.807, 2.05) is 32.0 Å². The van der Waals surface area contributed by atoms with Gasteiger partial charge in [-0.1, -0.05) is 6.07 Å². The minimum Gasteiger partial charge on any atom is -0.408 e. The van der Waals surface area contributed by atoms with Gasteiger partial charge in [0.05, 0.1) is 5.52 Å². The topological polar surface area (TPSA) is 75.3 Å². The Morgan fingerprint density at radius 1 is 1.42 bits per heavy atom. The molecule has 0 aliphatic heterocycles. The zero-order valence-corrected chi connectivity index (χ0v) is 11.7. The zero-order valence-electron chi connectivity index (χ0n) is 11.7. The molecular weight excluding hydrogens is 242 g/mol. The summed E-state index contributed by atoms with van der Waals surface area (Å²) in [5.74, 6) is -0.412. The normalized spacial score (nSPS) is 12.5. The number of hydrogen-bond donors (Lipinski definition) is 2. The standard InChI is InChI=1S/C14H21N3O2/c1-14(2,15)6-7-17(3)9-10-4-5-11-12(8-10)19-13(18)16-11/h4-5,8H,6-7,9,15H2,1-3H3,(H,16,18). The molecule has 104 valence electrons. The highest BCUT2D eigenvalue weighted by Gasteiger charge is 2.12. The summed E-state index contributed by atoms with van der Waals surface area (Å²) < 4.78 is 5.05. The maximum absolute atomic E-state index is 11.1.